The van der Waals surface area contributed by atoms with Crippen LogP contribution in [0.25, 0.3) is 16.8 Å². The van der Waals surface area contributed by atoms with Gasteiger partial charge in [0.05, 0.1) is 0 Å². The molecule has 0 aliphatic carbocycles. The largest absolute Gasteiger partial charge is 0.385 e. The van der Waals surface area contributed by atoms with E-state index in [-0.39, 0.29) is 6.04 Å². The van der Waals surface area contributed by atoms with E-state index in [0.717, 1.165) is 24.2 Å². The highest BCUT2D eigenvalue weighted by Crippen LogP contribution is 2.30. The van der Waals surface area contributed by atoms with Crippen LogP contribution in [0.2, 0.25) is 0 Å². The number of allylic oxidation sites excluding steroid dienone is 4. The number of nitrogens with one attached hydrogen (secondary N) is 1. The standard InChI is InChI=1S/C19H24N2S2.C5H8S/c1-3-21-14(2)19-11-15(5-4-6-17(20)12-22)7-8-18(19)16-9-10-23-13-16;1-2-3-4-5-6/h4,6-11,13,17,21-22H,2-3,5,12,20H2,1H3;2-6H,1H3/b6-4+;3-2+,5-4-. The average molecular weight is 445 g/mol. The predicted molar refractivity (Wildman–Crippen MR) is 140 cm³/mol. The molecule has 0 spiro atoms. The summed E-state index contributed by atoms with van der Waals surface area (Å²) in [7, 11) is 0. The molecule has 0 aliphatic rings. The Labute approximate surface area is 191 Å². The molecule has 3 N–H and O–H groups in total. The van der Waals surface area contributed by atoms with Gasteiger partial charge in [-0.3, -0.25) is 0 Å². The van der Waals surface area contributed by atoms with Crippen molar-refractivity contribution in [3.8, 4) is 11.1 Å². The summed E-state index contributed by atoms with van der Waals surface area (Å²) in [6.45, 7) is 9.11. The fraction of sp³-hybridized carbons (Fsp3) is 0.250. The van der Waals surface area contributed by atoms with Gasteiger partial charge in [-0.25, -0.2) is 0 Å². The summed E-state index contributed by atoms with van der Waals surface area (Å²) in [6, 6.07) is 8.73. The Balaban J connectivity index is 0.000000612. The van der Waals surface area contributed by atoms with E-state index in [4.69, 9.17) is 5.73 Å². The summed E-state index contributed by atoms with van der Waals surface area (Å²) in [5, 5.41) is 9.30. The van der Waals surface area contributed by atoms with Gasteiger partial charge in [0.25, 0.3) is 0 Å². The summed E-state index contributed by atoms with van der Waals surface area (Å²) in [6.07, 6.45) is 10.7. The Morgan fingerprint density at radius 1 is 1.31 bits per heavy atom. The molecule has 2 nitrogen and oxygen atoms in total. The minimum atomic E-state index is 0.0135. The van der Waals surface area contributed by atoms with Gasteiger partial charge in [-0.1, -0.05) is 49.1 Å². The second kappa shape index (κ2) is 15.2. The number of thiol groups is 2. The summed E-state index contributed by atoms with van der Waals surface area (Å²) in [5.74, 6) is 0.663. The second-order valence-corrected chi connectivity index (χ2v) is 7.69. The van der Waals surface area contributed by atoms with Gasteiger partial charge < -0.3 is 11.1 Å². The normalized spacial score (nSPS) is 12.3. The lowest BCUT2D eigenvalue weighted by molar-refractivity contribution is 0.936. The minimum absolute atomic E-state index is 0.0135. The van der Waals surface area contributed by atoms with Gasteiger partial charge in [0.1, 0.15) is 0 Å². The van der Waals surface area contributed by atoms with Crippen molar-refractivity contribution in [3.05, 3.63) is 88.5 Å². The number of nitrogens with two attached hydrogens (primary N) is 1. The van der Waals surface area contributed by atoms with E-state index in [9.17, 15) is 0 Å². The number of hydrogen-bond acceptors (Lipinski definition) is 5. The van der Waals surface area contributed by atoms with Crippen LogP contribution in [-0.4, -0.2) is 18.3 Å². The highest BCUT2D eigenvalue weighted by atomic mass is 32.1. The molecule has 2 aromatic rings. The van der Waals surface area contributed by atoms with Crippen molar-refractivity contribution in [3.63, 3.8) is 0 Å². The van der Waals surface area contributed by atoms with Crippen LogP contribution in [0.1, 0.15) is 25.0 Å². The monoisotopic (exact) mass is 444 g/mol. The Morgan fingerprint density at radius 3 is 2.66 bits per heavy atom. The zero-order valence-corrected chi connectivity index (χ0v) is 19.8. The number of benzene rings is 1. The Kier molecular flexibility index (Phi) is 13.3. The molecule has 156 valence electrons. The number of thiophene rings is 1. The van der Waals surface area contributed by atoms with Gasteiger partial charge in [-0.05, 0) is 65.3 Å². The maximum absolute atomic E-state index is 5.86. The molecule has 5 heteroatoms. The van der Waals surface area contributed by atoms with E-state index in [2.05, 4.69) is 85.2 Å². The lowest BCUT2D eigenvalue weighted by Gasteiger charge is -2.14. The second-order valence-electron chi connectivity index (χ2n) is 6.25. The lowest BCUT2D eigenvalue weighted by Crippen LogP contribution is -2.18. The van der Waals surface area contributed by atoms with Crippen molar-refractivity contribution in [1.29, 1.82) is 0 Å². The van der Waals surface area contributed by atoms with Gasteiger partial charge >= 0.3 is 0 Å². The smallest absolute Gasteiger partial charge is 0.0347 e. The molecule has 1 heterocycles. The van der Waals surface area contributed by atoms with Crippen LogP contribution in [0.5, 0.6) is 0 Å². The molecule has 0 saturated carbocycles. The van der Waals surface area contributed by atoms with E-state index < -0.39 is 0 Å². The van der Waals surface area contributed by atoms with E-state index in [0.29, 0.717) is 5.75 Å². The van der Waals surface area contributed by atoms with Crippen molar-refractivity contribution >= 4 is 42.3 Å². The van der Waals surface area contributed by atoms with Crippen LogP contribution in [0, 0.1) is 0 Å². The zero-order valence-electron chi connectivity index (χ0n) is 17.2. The van der Waals surface area contributed by atoms with Crippen molar-refractivity contribution in [2.75, 3.05) is 12.3 Å². The van der Waals surface area contributed by atoms with Crippen molar-refractivity contribution in [2.45, 2.75) is 26.3 Å². The summed E-state index contributed by atoms with van der Waals surface area (Å²) in [5.41, 5.74) is 11.7. The predicted octanol–water partition coefficient (Wildman–Crippen LogP) is 6.36. The van der Waals surface area contributed by atoms with Gasteiger partial charge in [0, 0.05) is 29.6 Å². The maximum atomic E-state index is 5.86. The van der Waals surface area contributed by atoms with E-state index in [1.807, 2.05) is 31.2 Å². The molecule has 1 aromatic carbocycles. The third kappa shape index (κ3) is 9.59. The molecule has 1 atom stereocenters. The van der Waals surface area contributed by atoms with E-state index >= 15 is 0 Å². The first-order valence-corrected chi connectivity index (χ1v) is 11.7. The summed E-state index contributed by atoms with van der Waals surface area (Å²) in [4.78, 5) is 0. The highest BCUT2D eigenvalue weighted by molar-refractivity contribution is 7.83. The molecule has 29 heavy (non-hydrogen) atoms. The van der Waals surface area contributed by atoms with Gasteiger partial charge in [-0.15, -0.1) is 0 Å². The molecular formula is C24H32N2S3. The number of rotatable bonds is 9. The molecule has 0 amide bonds. The topological polar surface area (TPSA) is 38.0 Å². The molecule has 0 radical (unpaired) electrons. The minimum Gasteiger partial charge on any atom is -0.385 e. The highest BCUT2D eigenvalue weighted by Gasteiger charge is 2.09. The van der Waals surface area contributed by atoms with E-state index in [1.54, 1.807) is 16.7 Å². The average Bonchev–Trinajstić information content (AvgIpc) is 3.27. The van der Waals surface area contributed by atoms with Crippen LogP contribution >= 0.6 is 36.6 Å². The van der Waals surface area contributed by atoms with Gasteiger partial charge in [0.15, 0.2) is 0 Å². The molecule has 0 bridgehead atoms. The fourth-order valence-electron chi connectivity index (χ4n) is 2.55. The van der Waals surface area contributed by atoms with E-state index in [1.165, 1.54) is 16.7 Å². The molecule has 2 rings (SSSR count). The fourth-order valence-corrected chi connectivity index (χ4v) is 3.42. The van der Waals surface area contributed by atoms with Crippen LogP contribution in [0.3, 0.4) is 0 Å². The van der Waals surface area contributed by atoms with Crippen LogP contribution in [0.4, 0.5) is 0 Å². The first-order chi connectivity index (χ1) is 14.1. The van der Waals surface area contributed by atoms with Crippen molar-refractivity contribution in [1.82, 2.24) is 5.32 Å². The SMILES string of the molecule is C/C=C/C=C\S.C=C(NCC)c1cc(C/C=C/C(N)CS)ccc1-c1ccsc1. The summed E-state index contributed by atoms with van der Waals surface area (Å²) >= 11 is 9.73. The number of hydrogen-bond donors (Lipinski definition) is 4. The van der Waals surface area contributed by atoms with Gasteiger partial charge in [-0.2, -0.15) is 36.6 Å². The van der Waals surface area contributed by atoms with Crippen molar-refractivity contribution in [2.24, 2.45) is 5.73 Å². The van der Waals surface area contributed by atoms with Gasteiger partial charge in [0.2, 0.25) is 0 Å². The quantitative estimate of drug-likeness (QED) is 0.206. The molecule has 1 aromatic heterocycles. The maximum Gasteiger partial charge on any atom is 0.0347 e. The molecule has 1 unspecified atom stereocenters. The molecule has 0 saturated heterocycles. The lowest BCUT2D eigenvalue weighted by atomic mass is 9.96. The van der Waals surface area contributed by atoms with Crippen LogP contribution in [-0.2, 0) is 6.42 Å². The third-order valence-corrected chi connectivity index (χ3v) is 5.25. The third-order valence-electron chi connectivity index (χ3n) is 3.97. The first-order valence-electron chi connectivity index (χ1n) is 9.61. The molecule has 0 fully saturated rings. The molecule has 0 aliphatic heterocycles. The first kappa shape index (κ1) is 25.4. The Morgan fingerprint density at radius 2 is 2.10 bits per heavy atom. The molecular weight excluding hydrogens is 412 g/mol. The Bertz CT molecular complexity index is 796. The van der Waals surface area contributed by atoms with Crippen LogP contribution in [0.15, 0.2) is 77.4 Å². The Hall–Kier alpha value is -1.66. The van der Waals surface area contributed by atoms with Crippen molar-refractivity contribution < 1.29 is 0 Å². The zero-order chi connectivity index (χ0) is 21.5. The van der Waals surface area contributed by atoms with Crippen LogP contribution < -0.4 is 11.1 Å². The summed E-state index contributed by atoms with van der Waals surface area (Å²) < 4.78 is 0.